The van der Waals surface area contributed by atoms with Crippen LogP contribution in [0.15, 0.2) is 121 Å². The number of rotatable bonds is 13. The Morgan fingerprint density at radius 2 is 1.12 bits per heavy atom. The van der Waals surface area contributed by atoms with Crippen molar-refractivity contribution < 1.29 is 48.0 Å². The molecule has 0 aromatic heterocycles. The Hall–Kier alpha value is -5.63. The zero-order valence-corrected chi connectivity index (χ0v) is 28.3. The molecule has 12 nitrogen and oxygen atoms in total. The fourth-order valence-corrected chi connectivity index (χ4v) is 5.30. The average molecular weight is 713 g/mol. The van der Waals surface area contributed by atoms with Gasteiger partial charge in [-0.15, -0.1) is 0 Å². The number of hydrogen-bond donors (Lipinski definition) is 3. The Morgan fingerprint density at radius 3 is 1.59 bits per heavy atom. The molecule has 0 amide bonds. The minimum absolute atomic E-state index is 0.0174. The van der Waals surface area contributed by atoms with E-state index in [0.29, 0.717) is 0 Å². The summed E-state index contributed by atoms with van der Waals surface area (Å²) in [6.45, 7) is 1.10. The Kier molecular flexibility index (Phi) is 12.8. The highest BCUT2D eigenvalue weighted by molar-refractivity contribution is 7.80. The van der Waals surface area contributed by atoms with E-state index in [1.165, 1.54) is 12.1 Å². The van der Waals surface area contributed by atoms with Gasteiger partial charge < -0.3 is 39.4 Å². The van der Waals surface area contributed by atoms with Crippen LogP contribution >= 0.6 is 12.2 Å². The van der Waals surface area contributed by atoms with Crippen LogP contribution in [0.25, 0.3) is 0 Å². The molecule has 1 saturated heterocycles. The summed E-state index contributed by atoms with van der Waals surface area (Å²) in [6, 6.07) is 32.5. The van der Waals surface area contributed by atoms with E-state index in [1.807, 2.05) is 0 Å². The molecule has 1 aliphatic rings. The van der Waals surface area contributed by atoms with E-state index in [4.69, 9.17) is 35.9 Å². The maximum Gasteiger partial charge on any atom is 0.338 e. The predicted molar refractivity (Wildman–Crippen MR) is 188 cm³/mol. The topological polar surface area (TPSA) is 159 Å². The van der Waals surface area contributed by atoms with Gasteiger partial charge in [-0.05, 0) is 67.7 Å². The number of aliphatic hydroxyl groups excluding tert-OH is 1. The summed E-state index contributed by atoms with van der Waals surface area (Å²) < 4.78 is 29.9. The standard InChI is InChI=1S/C38H36N2O10S/c1-24(41)22-39-38(51)40-33-32(50-37(45)28-20-12-5-13-21-28)31(49-36(44)27-18-10-4-11-19-27)30(48-33)29(47-35(43)26-16-8-3-9-17-26)23-46-34(42)25-14-6-2-7-15-25/h2-21,24,29-33,41H,22-23H2,1H3,(H2,39,40,51)/t24-,29+,30-,31-,32+,33+/m0/s1. The molecule has 0 saturated carbocycles. The molecule has 0 unspecified atom stereocenters. The molecule has 0 spiro atoms. The summed E-state index contributed by atoms with van der Waals surface area (Å²) in [4.78, 5) is 53.5. The lowest BCUT2D eigenvalue weighted by molar-refractivity contribution is -0.0973. The SMILES string of the molecule is C[C@H](O)CNC(=S)N[C@@H]1O[C@@H]([C@@H](COC(=O)c2ccccc2)OC(=O)c2ccccc2)[C@H](OC(=O)c2ccccc2)[C@H]1OC(=O)c1ccccc1. The van der Waals surface area contributed by atoms with Gasteiger partial charge in [0.15, 0.2) is 29.7 Å². The first-order valence-corrected chi connectivity index (χ1v) is 16.5. The maximum absolute atomic E-state index is 13.6. The van der Waals surface area contributed by atoms with Crippen LogP contribution in [0.4, 0.5) is 0 Å². The van der Waals surface area contributed by atoms with Crippen molar-refractivity contribution in [1.29, 1.82) is 0 Å². The Morgan fingerprint density at radius 1 is 0.686 bits per heavy atom. The van der Waals surface area contributed by atoms with Gasteiger partial charge in [0.1, 0.15) is 12.7 Å². The second-order valence-corrected chi connectivity index (χ2v) is 11.9. The van der Waals surface area contributed by atoms with Gasteiger partial charge in [-0.25, -0.2) is 19.2 Å². The van der Waals surface area contributed by atoms with Gasteiger partial charge in [-0.3, -0.25) is 0 Å². The van der Waals surface area contributed by atoms with Gasteiger partial charge >= 0.3 is 23.9 Å². The highest BCUT2D eigenvalue weighted by atomic mass is 32.1. The van der Waals surface area contributed by atoms with Crippen molar-refractivity contribution in [3.63, 3.8) is 0 Å². The number of hydrogen-bond acceptors (Lipinski definition) is 11. The van der Waals surface area contributed by atoms with Crippen molar-refractivity contribution in [2.75, 3.05) is 13.2 Å². The van der Waals surface area contributed by atoms with Crippen molar-refractivity contribution in [1.82, 2.24) is 10.6 Å². The number of esters is 4. The third kappa shape index (κ3) is 10.2. The summed E-state index contributed by atoms with van der Waals surface area (Å²) in [6.07, 6.45) is -7.64. The molecule has 13 heteroatoms. The third-order valence-corrected chi connectivity index (χ3v) is 7.87. The van der Waals surface area contributed by atoms with Gasteiger partial charge in [-0.2, -0.15) is 0 Å². The van der Waals surface area contributed by atoms with Gasteiger partial charge in [0, 0.05) is 6.54 Å². The van der Waals surface area contributed by atoms with Crippen LogP contribution in [0.5, 0.6) is 0 Å². The molecule has 3 N–H and O–H groups in total. The van der Waals surface area contributed by atoms with Crippen LogP contribution in [0.3, 0.4) is 0 Å². The number of nitrogens with one attached hydrogen (secondary N) is 2. The van der Waals surface area contributed by atoms with Crippen LogP contribution < -0.4 is 10.6 Å². The molecule has 1 aliphatic heterocycles. The molecule has 0 aliphatic carbocycles. The van der Waals surface area contributed by atoms with Crippen LogP contribution in [0.2, 0.25) is 0 Å². The van der Waals surface area contributed by atoms with E-state index in [2.05, 4.69) is 10.6 Å². The van der Waals surface area contributed by atoms with E-state index in [0.717, 1.165) is 0 Å². The zero-order chi connectivity index (χ0) is 36.2. The lowest BCUT2D eigenvalue weighted by atomic mass is 10.0. The smallest absolute Gasteiger partial charge is 0.338 e. The monoisotopic (exact) mass is 712 g/mol. The summed E-state index contributed by atoms with van der Waals surface area (Å²) in [5.74, 6) is -3.05. The predicted octanol–water partition coefficient (Wildman–Crippen LogP) is 4.09. The fourth-order valence-electron chi connectivity index (χ4n) is 5.11. The Bertz CT molecular complexity index is 1780. The minimum atomic E-state index is -1.44. The van der Waals surface area contributed by atoms with Crippen molar-refractivity contribution in [3.8, 4) is 0 Å². The molecule has 5 rings (SSSR count). The summed E-state index contributed by atoms with van der Waals surface area (Å²) in [5.41, 5.74) is 0.821. The Labute approximate surface area is 299 Å². The van der Waals surface area contributed by atoms with E-state index in [1.54, 1.807) is 116 Å². The summed E-state index contributed by atoms with van der Waals surface area (Å²) in [7, 11) is 0. The van der Waals surface area contributed by atoms with Crippen LogP contribution in [-0.2, 0) is 23.7 Å². The molecule has 0 radical (unpaired) electrons. The van der Waals surface area contributed by atoms with Crippen LogP contribution in [-0.4, -0.2) is 84.0 Å². The third-order valence-electron chi connectivity index (χ3n) is 7.61. The van der Waals surface area contributed by atoms with Crippen LogP contribution in [0, 0.1) is 0 Å². The molecule has 0 bridgehead atoms. The van der Waals surface area contributed by atoms with E-state index in [-0.39, 0.29) is 33.9 Å². The lowest BCUT2D eigenvalue weighted by Gasteiger charge is -2.28. The van der Waals surface area contributed by atoms with Crippen LogP contribution in [0.1, 0.15) is 48.4 Å². The average Bonchev–Trinajstić information content (AvgIpc) is 3.48. The first-order chi connectivity index (χ1) is 24.7. The largest absolute Gasteiger partial charge is 0.458 e. The molecule has 6 atom stereocenters. The van der Waals surface area contributed by atoms with Crippen molar-refractivity contribution in [3.05, 3.63) is 144 Å². The lowest BCUT2D eigenvalue weighted by Crippen LogP contribution is -2.51. The second-order valence-electron chi connectivity index (χ2n) is 11.5. The molecule has 4 aromatic rings. The quantitative estimate of drug-likeness (QED) is 0.104. The van der Waals surface area contributed by atoms with E-state index >= 15 is 0 Å². The van der Waals surface area contributed by atoms with Crippen molar-refractivity contribution in [2.45, 2.75) is 43.7 Å². The van der Waals surface area contributed by atoms with Gasteiger partial charge in [0.2, 0.25) is 0 Å². The summed E-state index contributed by atoms with van der Waals surface area (Å²) in [5, 5.41) is 15.6. The minimum Gasteiger partial charge on any atom is -0.458 e. The van der Waals surface area contributed by atoms with E-state index in [9.17, 15) is 24.3 Å². The first kappa shape index (κ1) is 36.6. The molecule has 1 heterocycles. The van der Waals surface area contributed by atoms with Gasteiger partial charge in [0.25, 0.3) is 0 Å². The highest BCUT2D eigenvalue weighted by Gasteiger charge is 2.54. The molecule has 264 valence electrons. The molecular formula is C38H36N2O10S. The van der Waals surface area contributed by atoms with Gasteiger partial charge in [0.05, 0.1) is 28.4 Å². The highest BCUT2D eigenvalue weighted by Crippen LogP contribution is 2.31. The number of thiocarbonyl (C=S) groups is 1. The number of aliphatic hydroxyl groups is 1. The number of carbonyl (C=O) groups excluding carboxylic acids is 4. The van der Waals surface area contributed by atoms with Gasteiger partial charge in [-0.1, -0.05) is 72.8 Å². The number of carbonyl (C=O) groups is 4. The summed E-state index contributed by atoms with van der Waals surface area (Å²) >= 11 is 5.43. The normalized spacial score (nSPS) is 19.1. The van der Waals surface area contributed by atoms with Crippen molar-refractivity contribution >= 4 is 41.2 Å². The molecule has 1 fully saturated rings. The molecule has 4 aromatic carbocycles. The number of benzene rings is 4. The first-order valence-electron chi connectivity index (χ1n) is 16.1. The molecule has 51 heavy (non-hydrogen) atoms. The number of ether oxygens (including phenoxy) is 5. The fraction of sp³-hybridized carbons (Fsp3) is 0.237. The Balaban J connectivity index is 1.52. The van der Waals surface area contributed by atoms with Crippen molar-refractivity contribution in [2.24, 2.45) is 0 Å². The molecular weight excluding hydrogens is 676 g/mol. The maximum atomic E-state index is 13.6. The second kappa shape index (κ2) is 17.9. The van der Waals surface area contributed by atoms with E-state index < -0.39 is 67.2 Å². The zero-order valence-electron chi connectivity index (χ0n) is 27.5.